The average molecular weight is 200 g/mol. The molecule has 3 atom stereocenters. The van der Waals surface area contributed by atoms with Gasteiger partial charge in [0.25, 0.3) is 0 Å². The Morgan fingerprint density at radius 1 is 1.64 bits per heavy atom. The zero-order valence-corrected chi connectivity index (χ0v) is 9.03. The van der Waals surface area contributed by atoms with Gasteiger partial charge in [-0.25, -0.2) is 0 Å². The summed E-state index contributed by atoms with van der Waals surface area (Å²) in [6.07, 6.45) is 3.41. The van der Waals surface area contributed by atoms with E-state index in [1.54, 1.807) is 0 Å². The summed E-state index contributed by atoms with van der Waals surface area (Å²) in [6, 6.07) is 0. The minimum atomic E-state index is -0.317. The van der Waals surface area contributed by atoms with Gasteiger partial charge in [0.2, 0.25) is 0 Å². The molecule has 0 saturated carbocycles. The third-order valence-electron chi connectivity index (χ3n) is 2.64. The maximum Gasteiger partial charge on any atom is 0.306 e. The smallest absolute Gasteiger partial charge is 0.306 e. The topological polar surface area (TPSA) is 46.5 Å². The van der Waals surface area contributed by atoms with Crippen LogP contribution in [0.1, 0.15) is 46.0 Å². The molecular weight excluding hydrogens is 180 g/mol. The number of hydrogen-bond donors (Lipinski definition) is 1. The van der Waals surface area contributed by atoms with Crippen molar-refractivity contribution in [3.05, 3.63) is 0 Å². The molecule has 0 unspecified atom stereocenters. The van der Waals surface area contributed by atoms with Crippen LogP contribution in [0.4, 0.5) is 0 Å². The first-order chi connectivity index (χ1) is 6.61. The molecule has 0 aromatic rings. The molecule has 0 aromatic carbocycles. The van der Waals surface area contributed by atoms with Crippen LogP contribution in [0.5, 0.6) is 0 Å². The van der Waals surface area contributed by atoms with E-state index in [1.165, 1.54) is 0 Å². The van der Waals surface area contributed by atoms with Crippen molar-refractivity contribution in [3.8, 4) is 0 Å². The number of rotatable bonds is 4. The van der Waals surface area contributed by atoms with E-state index in [0.29, 0.717) is 18.8 Å². The van der Waals surface area contributed by atoms with Gasteiger partial charge in [0.15, 0.2) is 0 Å². The van der Waals surface area contributed by atoms with Crippen LogP contribution in [0.25, 0.3) is 0 Å². The summed E-state index contributed by atoms with van der Waals surface area (Å²) in [6.45, 7) is 4.10. The molecule has 1 rings (SSSR count). The van der Waals surface area contributed by atoms with E-state index in [0.717, 1.165) is 19.3 Å². The predicted octanol–water partition coefficient (Wildman–Crippen LogP) is 1.88. The van der Waals surface area contributed by atoms with Gasteiger partial charge in [-0.1, -0.05) is 20.3 Å². The van der Waals surface area contributed by atoms with E-state index >= 15 is 0 Å². The Bertz CT molecular complexity index is 191. The molecule has 1 aliphatic rings. The number of aliphatic hydroxyl groups is 1. The molecule has 0 radical (unpaired) electrons. The van der Waals surface area contributed by atoms with Crippen LogP contribution in [-0.2, 0) is 9.53 Å². The molecule has 3 nitrogen and oxygen atoms in total. The zero-order chi connectivity index (χ0) is 10.6. The molecular formula is C11H20O3. The second kappa shape index (κ2) is 5.35. The second-order valence-electron chi connectivity index (χ2n) is 4.34. The van der Waals surface area contributed by atoms with Crippen LogP contribution >= 0.6 is 0 Å². The first-order valence-electron chi connectivity index (χ1n) is 5.49. The number of cyclic esters (lactones) is 1. The molecule has 14 heavy (non-hydrogen) atoms. The summed E-state index contributed by atoms with van der Waals surface area (Å²) in [5.41, 5.74) is 0. The number of carbonyl (C=O) groups is 1. The molecule has 0 aromatic heterocycles. The van der Waals surface area contributed by atoms with Crippen molar-refractivity contribution in [1.82, 2.24) is 0 Å². The van der Waals surface area contributed by atoms with Crippen LogP contribution in [0.15, 0.2) is 0 Å². The van der Waals surface area contributed by atoms with Gasteiger partial charge >= 0.3 is 5.97 Å². The van der Waals surface area contributed by atoms with E-state index in [2.05, 4.69) is 6.92 Å². The molecule has 1 aliphatic heterocycles. The van der Waals surface area contributed by atoms with E-state index in [9.17, 15) is 9.90 Å². The molecule has 1 N–H and O–H groups in total. The Morgan fingerprint density at radius 3 is 2.93 bits per heavy atom. The Hall–Kier alpha value is -0.570. The number of esters is 1. The highest BCUT2D eigenvalue weighted by atomic mass is 16.5. The van der Waals surface area contributed by atoms with E-state index in [-0.39, 0.29) is 18.2 Å². The van der Waals surface area contributed by atoms with Gasteiger partial charge < -0.3 is 9.84 Å². The summed E-state index contributed by atoms with van der Waals surface area (Å²) in [5.74, 6) is 0.285. The van der Waals surface area contributed by atoms with Crippen molar-refractivity contribution < 1.29 is 14.6 Å². The van der Waals surface area contributed by atoms with Gasteiger partial charge in [-0.3, -0.25) is 4.79 Å². The number of hydrogen-bond acceptors (Lipinski definition) is 3. The molecule has 0 bridgehead atoms. The monoisotopic (exact) mass is 200 g/mol. The molecule has 0 aliphatic carbocycles. The summed E-state index contributed by atoms with van der Waals surface area (Å²) >= 11 is 0. The normalized spacial score (nSPS) is 29.8. The van der Waals surface area contributed by atoms with E-state index in [1.807, 2.05) is 6.92 Å². The second-order valence-corrected chi connectivity index (χ2v) is 4.34. The molecule has 0 amide bonds. The van der Waals surface area contributed by atoms with Crippen molar-refractivity contribution in [2.45, 2.75) is 58.2 Å². The summed E-state index contributed by atoms with van der Waals surface area (Å²) in [7, 11) is 0. The van der Waals surface area contributed by atoms with E-state index in [4.69, 9.17) is 4.74 Å². The molecule has 1 heterocycles. The lowest BCUT2D eigenvalue weighted by atomic mass is 9.93. The molecule has 0 spiro atoms. The van der Waals surface area contributed by atoms with Crippen LogP contribution in [0.2, 0.25) is 0 Å². The fourth-order valence-corrected chi connectivity index (χ4v) is 2.00. The molecule has 1 saturated heterocycles. The maximum atomic E-state index is 11.1. The maximum absolute atomic E-state index is 11.1. The summed E-state index contributed by atoms with van der Waals surface area (Å²) < 4.78 is 5.17. The lowest BCUT2D eigenvalue weighted by Crippen LogP contribution is -2.31. The molecule has 3 heteroatoms. The van der Waals surface area contributed by atoms with Gasteiger partial charge in [0.05, 0.1) is 6.10 Å². The number of carbonyl (C=O) groups excluding carboxylic acids is 1. The van der Waals surface area contributed by atoms with Gasteiger partial charge in [-0.2, -0.15) is 0 Å². The quantitative estimate of drug-likeness (QED) is 0.705. The lowest BCUT2D eigenvalue weighted by Gasteiger charge is -2.28. The third-order valence-corrected chi connectivity index (χ3v) is 2.64. The van der Waals surface area contributed by atoms with Gasteiger partial charge in [-0.05, 0) is 18.8 Å². The van der Waals surface area contributed by atoms with Crippen molar-refractivity contribution in [2.24, 2.45) is 5.92 Å². The van der Waals surface area contributed by atoms with Crippen molar-refractivity contribution in [2.75, 3.05) is 0 Å². The van der Waals surface area contributed by atoms with Crippen molar-refractivity contribution in [1.29, 1.82) is 0 Å². The van der Waals surface area contributed by atoms with Crippen LogP contribution in [0, 0.1) is 5.92 Å². The fourth-order valence-electron chi connectivity index (χ4n) is 2.00. The highest BCUT2D eigenvalue weighted by molar-refractivity contribution is 5.70. The van der Waals surface area contributed by atoms with Gasteiger partial charge in [-0.15, -0.1) is 0 Å². The Morgan fingerprint density at radius 2 is 2.36 bits per heavy atom. The number of ether oxygens (including phenoxy) is 1. The first-order valence-corrected chi connectivity index (χ1v) is 5.49. The third kappa shape index (κ3) is 3.66. The minimum Gasteiger partial charge on any atom is -0.462 e. The van der Waals surface area contributed by atoms with Crippen molar-refractivity contribution in [3.63, 3.8) is 0 Å². The fraction of sp³-hybridized carbons (Fsp3) is 0.909. The Balaban J connectivity index is 2.32. The lowest BCUT2D eigenvalue weighted by molar-refractivity contribution is -0.158. The van der Waals surface area contributed by atoms with Crippen LogP contribution in [0.3, 0.4) is 0 Å². The highest BCUT2D eigenvalue weighted by Crippen LogP contribution is 2.24. The Kier molecular flexibility index (Phi) is 4.39. The largest absolute Gasteiger partial charge is 0.462 e. The summed E-state index contributed by atoms with van der Waals surface area (Å²) in [5, 5.41) is 9.58. The van der Waals surface area contributed by atoms with Gasteiger partial charge in [0, 0.05) is 12.8 Å². The van der Waals surface area contributed by atoms with Crippen molar-refractivity contribution >= 4 is 5.97 Å². The number of aliphatic hydroxyl groups excluding tert-OH is 1. The molecule has 1 fully saturated rings. The van der Waals surface area contributed by atoms with Gasteiger partial charge in [0.1, 0.15) is 6.10 Å². The predicted molar refractivity (Wildman–Crippen MR) is 53.8 cm³/mol. The zero-order valence-electron chi connectivity index (χ0n) is 9.03. The highest BCUT2D eigenvalue weighted by Gasteiger charge is 2.27. The van der Waals surface area contributed by atoms with E-state index < -0.39 is 0 Å². The summed E-state index contributed by atoms with van der Waals surface area (Å²) in [4.78, 5) is 11.1. The SMILES string of the molecule is CCC[C@H](O)C[C@@H]1C[C@H](C)CC(=O)O1. The van der Waals surface area contributed by atoms with Crippen LogP contribution in [-0.4, -0.2) is 23.3 Å². The molecule has 82 valence electrons. The average Bonchev–Trinajstić information content (AvgIpc) is 2.01. The minimum absolute atomic E-state index is 0.0622. The first kappa shape index (κ1) is 11.5. The van der Waals surface area contributed by atoms with Crippen LogP contribution < -0.4 is 0 Å². The standard InChI is InChI=1S/C11H20O3/c1-3-4-9(12)7-10-5-8(2)6-11(13)14-10/h8-10,12H,3-7H2,1-2H3/t8-,9-,10-/m0/s1. The Labute approximate surface area is 85.5 Å².